The zero-order chi connectivity index (χ0) is 19.3. The maximum atomic E-state index is 12.6. The molecule has 0 saturated heterocycles. The Labute approximate surface area is 165 Å². The molecule has 4 rings (SSSR count). The van der Waals surface area contributed by atoms with E-state index < -0.39 is 0 Å². The molecule has 146 valence electrons. The van der Waals surface area contributed by atoms with Crippen molar-refractivity contribution in [3.63, 3.8) is 0 Å². The number of hydrogen-bond acceptors (Lipinski definition) is 4. The summed E-state index contributed by atoms with van der Waals surface area (Å²) in [7, 11) is 2.09. The van der Waals surface area contributed by atoms with Crippen molar-refractivity contribution in [1.82, 2.24) is 29.1 Å². The molecule has 0 radical (unpaired) electrons. The van der Waals surface area contributed by atoms with Crippen LogP contribution in [-0.2, 0) is 37.5 Å². The van der Waals surface area contributed by atoms with Gasteiger partial charge in [0.1, 0.15) is 0 Å². The van der Waals surface area contributed by atoms with E-state index >= 15 is 0 Å². The lowest BCUT2D eigenvalue weighted by Crippen LogP contribution is -2.38. The van der Waals surface area contributed by atoms with Crippen molar-refractivity contribution in [2.45, 2.75) is 39.1 Å². The van der Waals surface area contributed by atoms with E-state index in [0.717, 1.165) is 44.1 Å². The first-order valence-electron chi connectivity index (χ1n) is 9.69. The zero-order valence-electron chi connectivity index (χ0n) is 16.2. The first-order valence-corrected chi connectivity index (χ1v) is 9.69. The van der Waals surface area contributed by atoms with Gasteiger partial charge in [0.15, 0.2) is 0 Å². The SMILES string of the molecule is CN(Cc1cccnc1)Cc1cc2n(n1)CCN(C(=O)CCn1cccc1)C2. The van der Waals surface area contributed by atoms with Crippen LogP contribution in [0.1, 0.15) is 23.4 Å². The van der Waals surface area contributed by atoms with Crippen LogP contribution in [0, 0.1) is 0 Å². The molecule has 4 heterocycles. The Kier molecular flexibility index (Phi) is 5.53. The Morgan fingerprint density at radius 2 is 2.04 bits per heavy atom. The zero-order valence-corrected chi connectivity index (χ0v) is 16.2. The maximum absolute atomic E-state index is 12.6. The number of fused-ring (bicyclic) bond motifs is 1. The number of carbonyl (C=O) groups is 1. The Bertz CT molecular complexity index is 902. The summed E-state index contributed by atoms with van der Waals surface area (Å²) in [5.74, 6) is 0.205. The largest absolute Gasteiger partial charge is 0.354 e. The van der Waals surface area contributed by atoms with Gasteiger partial charge in [-0.3, -0.25) is 19.4 Å². The van der Waals surface area contributed by atoms with Gasteiger partial charge in [-0.05, 0) is 36.9 Å². The Hall–Kier alpha value is -2.93. The molecular weight excluding hydrogens is 352 g/mol. The maximum Gasteiger partial charge on any atom is 0.224 e. The second-order valence-corrected chi connectivity index (χ2v) is 7.37. The predicted octanol–water partition coefficient (Wildman–Crippen LogP) is 2.14. The molecule has 0 bridgehead atoms. The lowest BCUT2D eigenvalue weighted by Gasteiger charge is -2.27. The van der Waals surface area contributed by atoms with E-state index in [1.807, 2.05) is 50.9 Å². The smallest absolute Gasteiger partial charge is 0.224 e. The summed E-state index contributed by atoms with van der Waals surface area (Å²) in [4.78, 5) is 20.9. The summed E-state index contributed by atoms with van der Waals surface area (Å²) in [5.41, 5.74) is 3.35. The molecule has 3 aromatic rings. The molecule has 1 aliphatic heterocycles. The second-order valence-electron chi connectivity index (χ2n) is 7.37. The first-order chi connectivity index (χ1) is 13.7. The van der Waals surface area contributed by atoms with Gasteiger partial charge >= 0.3 is 0 Å². The number of amides is 1. The number of aromatic nitrogens is 4. The fraction of sp³-hybridized carbons (Fsp3) is 0.381. The van der Waals surface area contributed by atoms with Gasteiger partial charge in [-0.15, -0.1) is 0 Å². The van der Waals surface area contributed by atoms with Gasteiger partial charge in [0.05, 0.1) is 24.5 Å². The van der Waals surface area contributed by atoms with Crippen LogP contribution in [0.15, 0.2) is 55.1 Å². The lowest BCUT2D eigenvalue weighted by atomic mass is 10.2. The molecule has 7 nitrogen and oxygen atoms in total. The Morgan fingerprint density at radius 1 is 1.18 bits per heavy atom. The summed E-state index contributed by atoms with van der Waals surface area (Å²) in [6.07, 6.45) is 8.20. The number of hydrogen-bond donors (Lipinski definition) is 0. The fourth-order valence-corrected chi connectivity index (χ4v) is 3.65. The summed E-state index contributed by atoms with van der Waals surface area (Å²) in [6, 6.07) is 10.1. The lowest BCUT2D eigenvalue weighted by molar-refractivity contribution is -0.132. The fourth-order valence-electron chi connectivity index (χ4n) is 3.65. The summed E-state index contributed by atoms with van der Waals surface area (Å²) in [6.45, 7) is 4.47. The summed E-state index contributed by atoms with van der Waals surface area (Å²) >= 11 is 0. The minimum Gasteiger partial charge on any atom is -0.354 e. The van der Waals surface area contributed by atoms with E-state index in [0.29, 0.717) is 13.0 Å². The van der Waals surface area contributed by atoms with Gasteiger partial charge < -0.3 is 9.47 Å². The third-order valence-electron chi connectivity index (χ3n) is 5.06. The monoisotopic (exact) mass is 378 g/mol. The Balaban J connectivity index is 1.32. The van der Waals surface area contributed by atoms with Crippen molar-refractivity contribution in [3.05, 3.63) is 72.1 Å². The molecule has 0 atom stereocenters. The third kappa shape index (κ3) is 4.48. The topological polar surface area (TPSA) is 59.2 Å². The van der Waals surface area contributed by atoms with Crippen LogP contribution >= 0.6 is 0 Å². The van der Waals surface area contributed by atoms with Crippen molar-refractivity contribution < 1.29 is 4.79 Å². The summed E-state index contributed by atoms with van der Waals surface area (Å²) < 4.78 is 4.09. The number of rotatable bonds is 7. The van der Waals surface area contributed by atoms with Crippen LogP contribution in [0.2, 0.25) is 0 Å². The molecule has 1 amide bonds. The van der Waals surface area contributed by atoms with Crippen molar-refractivity contribution in [2.75, 3.05) is 13.6 Å². The van der Waals surface area contributed by atoms with E-state index in [1.165, 1.54) is 5.56 Å². The van der Waals surface area contributed by atoms with Gasteiger partial charge in [-0.25, -0.2) is 0 Å². The number of nitrogens with zero attached hydrogens (tertiary/aromatic N) is 6. The van der Waals surface area contributed by atoms with Crippen molar-refractivity contribution in [2.24, 2.45) is 0 Å². The minimum atomic E-state index is 0.205. The number of aryl methyl sites for hydroxylation is 1. The number of carbonyl (C=O) groups excluding carboxylic acids is 1. The molecule has 0 fully saturated rings. The highest BCUT2D eigenvalue weighted by molar-refractivity contribution is 5.76. The van der Waals surface area contributed by atoms with Gasteiger partial charge in [0.25, 0.3) is 0 Å². The van der Waals surface area contributed by atoms with Gasteiger partial charge in [-0.2, -0.15) is 5.10 Å². The van der Waals surface area contributed by atoms with Gasteiger partial charge in [0, 0.05) is 57.4 Å². The predicted molar refractivity (Wildman–Crippen MR) is 106 cm³/mol. The van der Waals surface area contributed by atoms with Crippen molar-refractivity contribution >= 4 is 5.91 Å². The third-order valence-corrected chi connectivity index (χ3v) is 5.06. The van der Waals surface area contributed by atoms with Crippen LogP contribution in [0.5, 0.6) is 0 Å². The molecule has 7 heteroatoms. The minimum absolute atomic E-state index is 0.205. The number of pyridine rings is 1. The van der Waals surface area contributed by atoms with Gasteiger partial charge in [-0.1, -0.05) is 6.07 Å². The average Bonchev–Trinajstić information content (AvgIpc) is 3.35. The van der Waals surface area contributed by atoms with Crippen LogP contribution in [0.25, 0.3) is 0 Å². The van der Waals surface area contributed by atoms with Crippen LogP contribution in [-0.4, -0.2) is 48.6 Å². The highest BCUT2D eigenvalue weighted by Crippen LogP contribution is 2.16. The molecule has 3 aromatic heterocycles. The molecule has 0 N–H and O–H groups in total. The van der Waals surface area contributed by atoms with E-state index in [1.54, 1.807) is 6.20 Å². The highest BCUT2D eigenvalue weighted by atomic mass is 16.2. The van der Waals surface area contributed by atoms with E-state index in [2.05, 4.69) is 29.1 Å². The summed E-state index contributed by atoms with van der Waals surface area (Å²) in [5, 5.41) is 4.73. The molecule has 1 aliphatic rings. The molecule has 0 spiro atoms. The van der Waals surface area contributed by atoms with Crippen molar-refractivity contribution in [1.29, 1.82) is 0 Å². The molecule has 0 unspecified atom stereocenters. The highest BCUT2D eigenvalue weighted by Gasteiger charge is 2.22. The van der Waals surface area contributed by atoms with Crippen LogP contribution in [0.3, 0.4) is 0 Å². The molecule has 0 aromatic carbocycles. The average molecular weight is 378 g/mol. The van der Waals surface area contributed by atoms with Gasteiger partial charge in [0.2, 0.25) is 5.91 Å². The first kappa shape index (κ1) is 18.4. The van der Waals surface area contributed by atoms with Crippen molar-refractivity contribution in [3.8, 4) is 0 Å². The van der Waals surface area contributed by atoms with E-state index in [4.69, 9.17) is 5.10 Å². The van der Waals surface area contributed by atoms with Crippen LogP contribution < -0.4 is 0 Å². The van der Waals surface area contributed by atoms with E-state index in [-0.39, 0.29) is 5.91 Å². The second kappa shape index (κ2) is 8.39. The van der Waals surface area contributed by atoms with E-state index in [9.17, 15) is 4.79 Å². The molecular formula is C21H26N6O. The standard InChI is InChI=1S/C21H26N6O/c1-24(15-18-5-4-7-22-14-18)16-19-13-20-17-26(11-12-27(20)23-19)21(28)6-10-25-8-2-3-9-25/h2-5,7-9,13-14H,6,10-12,15-17H2,1H3. The quantitative estimate of drug-likeness (QED) is 0.632. The molecule has 28 heavy (non-hydrogen) atoms. The molecule has 0 saturated carbocycles. The molecule has 0 aliphatic carbocycles. The Morgan fingerprint density at radius 3 is 2.82 bits per heavy atom. The normalized spacial score (nSPS) is 13.7. The van der Waals surface area contributed by atoms with Crippen LogP contribution in [0.4, 0.5) is 0 Å².